The summed E-state index contributed by atoms with van der Waals surface area (Å²) >= 11 is 1.73. The number of halogens is 1. The van der Waals surface area contributed by atoms with Gasteiger partial charge >= 0.3 is 0 Å². The number of carbonyl (C=O) groups is 1. The van der Waals surface area contributed by atoms with Gasteiger partial charge < -0.3 is 15.1 Å². The molecular formula is C25H26FN3OS. The quantitative estimate of drug-likeness (QED) is 0.655. The Morgan fingerprint density at radius 3 is 2.71 bits per heavy atom. The number of thiophene rings is 1. The zero-order valence-corrected chi connectivity index (χ0v) is 18.2. The van der Waals surface area contributed by atoms with Gasteiger partial charge in [-0.25, -0.2) is 4.39 Å². The third kappa shape index (κ3) is 4.17. The third-order valence-corrected chi connectivity index (χ3v) is 7.34. The number of rotatable bonds is 5. The first-order chi connectivity index (χ1) is 15.2. The van der Waals surface area contributed by atoms with Crippen LogP contribution in [0.25, 0.3) is 0 Å². The van der Waals surface area contributed by atoms with Crippen molar-refractivity contribution >= 4 is 28.6 Å². The molecule has 0 unspecified atom stereocenters. The zero-order chi connectivity index (χ0) is 21.2. The van der Waals surface area contributed by atoms with Crippen LogP contribution in [0.2, 0.25) is 0 Å². The number of amides is 1. The van der Waals surface area contributed by atoms with Gasteiger partial charge in [0.05, 0.1) is 12.0 Å². The van der Waals surface area contributed by atoms with Crippen molar-refractivity contribution in [2.24, 2.45) is 5.92 Å². The van der Waals surface area contributed by atoms with Crippen LogP contribution in [0.3, 0.4) is 0 Å². The summed E-state index contributed by atoms with van der Waals surface area (Å²) in [6.07, 6.45) is 1.61. The second-order valence-corrected chi connectivity index (χ2v) is 9.28. The molecule has 6 heteroatoms. The summed E-state index contributed by atoms with van der Waals surface area (Å²) in [5.74, 6) is -0.208. The minimum Gasteiger partial charge on any atom is -0.368 e. The van der Waals surface area contributed by atoms with Crippen LogP contribution in [0.15, 0.2) is 66.0 Å². The molecule has 2 aliphatic rings. The number of carbonyl (C=O) groups excluding carboxylic acids is 1. The first kappa shape index (κ1) is 20.1. The van der Waals surface area contributed by atoms with E-state index >= 15 is 0 Å². The molecule has 0 aliphatic carbocycles. The minimum atomic E-state index is -0.225. The molecule has 1 N–H and O–H groups in total. The maximum absolute atomic E-state index is 13.4. The number of fused-ring (bicyclic) bond motifs is 3. The number of hydrogen-bond acceptors (Lipinski definition) is 4. The van der Waals surface area contributed by atoms with E-state index in [0.717, 1.165) is 38.2 Å². The van der Waals surface area contributed by atoms with Gasteiger partial charge in [0.25, 0.3) is 0 Å². The maximum atomic E-state index is 13.4. The monoisotopic (exact) mass is 435 g/mol. The predicted molar refractivity (Wildman–Crippen MR) is 124 cm³/mol. The molecule has 2 aliphatic heterocycles. The molecule has 4 nitrogen and oxygen atoms in total. The highest BCUT2D eigenvalue weighted by atomic mass is 32.1. The number of piperazine rings is 1. The van der Waals surface area contributed by atoms with E-state index in [1.165, 1.54) is 28.3 Å². The van der Waals surface area contributed by atoms with Crippen LogP contribution < -0.4 is 15.1 Å². The first-order valence-corrected chi connectivity index (χ1v) is 11.7. The van der Waals surface area contributed by atoms with Crippen molar-refractivity contribution in [3.63, 3.8) is 0 Å². The van der Waals surface area contributed by atoms with Gasteiger partial charge in [-0.15, -0.1) is 11.3 Å². The molecule has 31 heavy (non-hydrogen) atoms. The molecule has 0 radical (unpaired) electrons. The zero-order valence-electron chi connectivity index (χ0n) is 17.3. The van der Waals surface area contributed by atoms with E-state index in [4.69, 9.17) is 0 Å². The van der Waals surface area contributed by atoms with E-state index in [2.05, 4.69) is 50.8 Å². The lowest BCUT2D eigenvalue weighted by Gasteiger charge is -2.49. The topological polar surface area (TPSA) is 35.6 Å². The Labute approximate surface area is 186 Å². The van der Waals surface area contributed by atoms with E-state index in [1.807, 2.05) is 18.2 Å². The normalized spacial score (nSPS) is 20.2. The molecule has 0 spiro atoms. The van der Waals surface area contributed by atoms with E-state index < -0.39 is 0 Å². The molecule has 1 aromatic heterocycles. The number of benzene rings is 2. The first-order valence-electron chi connectivity index (χ1n) is 10.8. The highest BCUT2D eigenvalue weighted by Gasteiger charge is 2.41. The molecule has 0 bridgehead atoms. The lowest BCUT2D eigenvalue weighted by molar-refractivity contribution is -0.125. The molecule has 3 heterocycles. The molecule has 2 aromatic carbocycles. The average Bonchev–Trinajstić information content (AvgIpc) is 3.32. The Kier molecular flexibility index (Phi) is 5.64. The molecule has 3 aromatic rings. The fourth-order valence-electron chi connectivity index (χ4n) is 4.84. The van der Waals surface area contributed by atoms with Crippen LogP contribution in [-0.4, -0.2) is 38.1 Å². The number of nitrogens with one attached hydrogen (secondary N) is 1. The summed E-state index contributed by atoms with van der Waals surface area (Å²) in [5.41, 5.74) is 3.50. The standard InChI is InChI=1S/C25H26FN3OS/c26-19-7-9-20(10-8-19)28-13-14-29-23-6-2-1-4-18(23)16-22(24(29)17-28)25(30)27-12-11-21-5-3-15-31-21/h1-10,15,22,24H,11-14,16-17H2,(H,27,30)/t22-,24+/m1/s1. The Balaban J connectivity index is 1.35. The largest absolute Gasteiger partial charge is 0.368 e. The predicted octanol–water partition coefficient (Wildman–Crippen LogP) is 4.11. The summed E-state index contributed by atoms with van der Waals surface area (Å²) in [6.45, 7) is 3.11. The van der Waals surface area contributed by atoms with Gasteiger partial charge in [0.2, 0.25) is 5.91 Å². The second kappa shape index (κ2) is 8.71. The highest BCUT2D eigenvalue weighted by molar-refractivity contribution is 7.09. The van der Waals surface area contributed by atoms with Gasteiger partial charge in [-0.05, 0) is 60.2 Å². The summed E-state index contributed by atoms with van der Waals surface area (Å²) in [5, 5.41) is 5.26. The molecule has 2 atom stereocenters. The van der Waals surface area contributed by atoms with Gasteiger partial charge in [0.15, 0.2) is 0 Å². The third-order valence-electron chi connectivity index (χ3n) is 6.40. The van der Waals surface area contributed by atoms with Gasteiger partial charge in [-0.2, -0.15) is 0 Å². The number of para-hydroxylation sites is 1. The Morgan fingerprint density at radius 2 is 1.90 bits per heavy atom. The summed E-state index contributed by atoms with van der Waals surface area (Å²) < 4.78 is 13.4. The maximum Gasteiger partial charge on any atom is 0.225 e. The van der Waals surface area contributed by atoms with Crippen LogP contribution in [0.1, 0.15) is 10.4 Å². The molecule has 160 valence electrons. The van der Waals surface area contributed by atoms with Crippen molar-refractivity contribution in [3.8, 4) is 0 Å². The molecule has 1 saturated heterocycles. The molecular weight excluding hydrogens is 409 g/mol. The SMILES string of the molecule is O=C(NCCc1cccs1)[C@@H]1Cc2ccccc2N2CCN(c3ccc(F)cc3)C[C@@H]12. The van der Waals surface area contributed by atoms with Crippen LogP contribution >= 0.6 is 11.3 Å². The Morgan fingerprint density at radius 1 is 1.06 bits per heavy atom. The minimum absolute atomic E-state index is 0.0930. The molecule has 1 amide bonds. The van der Waals surface area contributed by atoms with E-state index in [1.54, 1.807) is 11.3 Å². The van der Waals surface area contributed by atoms with Crippen molar-refractivity contribution in [2.75, 3.05) is 36.0 Å². The fourth-order valence-corrected chi connectivity index (χ4v) is 5.55. The summed E-state index contributed by atoms with van der Waals surface area (Å²) in [4.78, 5) is 19.2. The van der Waals surface area contributed by atoms with Crippen molar-refractivity contribution in [3.05, 3.63) is 82.3 Å². The van der Waals surface area contributed by atoms with E-state index in [0.29, 0.717) is 6.54 Å². The lowest BCUT2D eigenvalue weighted by Crippen LogP contribution is -2.61. The number of hydrogen-bond donors (Lipinski definition) is 1. The van der Waals surface area contributed by atoms with Gasteiger partial charge in [0, 0.05) is 42.4 Å². The highest BCUT2D eigenvalue weighted by Crippen LogP contribution is 2.36. The van der Waals surface area contributed by atoms with Crippen molar-refractivity contribution < 1.29 is 9.18 Å². The smallest absolute Gasteiger partial charge is 0.225 e. The average molecular weight is 436 g/mol. The van der Waals surface area contributed by atoms with Crippen LogP contribution in [-0.2, 0) is 17.6 Å². The summed E-state index contributed by atoms with van der Waals surface area (Å²) in [6, 6.07) is 19.4. The van der Waals surface area contributed by atoms with Gasteiger partial charge in [0.1, 0.15) is 5.82 Å². The Hall–Kier alpha value is -2.86. The summed E-state index contributed by atoms with van der Waals surface area (Å²) in [7, 11) is 0. The second-order valence-electron chi connectivity index (χ2n) is 8.24. The number of anilines is 2. The van der Waals surface area contributed by atoms with Gasteiger partial charge in [-0.3, -0.25) is 4.79 Å². The van der Waals surface area contributed by atoms with Crippen molar-refractivity contribution in [2.45, 2.75) is 18.9 Å². The van der Waals surface area contributed by atoms with Crippen LogP contribution in [0.4, 0.5) is 15.8 Å². The van der Waals surface area contributed by atoms with E-state index in [9.17, 15) is 9.18 Å². The van der Waals surface area contributed by atoms with Crippen molar-refractivity contribution in [1.29, 1.82) is 0 Å². The lowest BCUT2D eigenvalue weighted by atomic mass is 9.83. The van der Waals surface area contributed by atoms with Crippen LogP contribution in [0.5, 0.6) is 0 Å². The Bertz CT molecular complexity index is 1040. The van der Waals surface area contributed by atoms with Crippen LogP contribution in [0, 0.1) is 11.7 Å². The number of nitrogens with zero attached hydrogens (tertiary/aromatic N) is 2. The molecule has 0 saturated carbocycles. The fraction of sp³-hybridized carbons (Fsp3) is 0.320. The molecule has 5 rings (SSSR count). The van der Waals surface area contributed by atoms with Crippen molar-refractivity contribution in [1.82, 2.24) is 5.32 Å². The van der Waals surface area contributed by atoms with Gasteiger partial charge in [-0.1, -0.05) is 24.3 Å². The molecule has 1 fully saturated rings. The van der Waals surface area contributed by atoms with E-state index in [-0.39, 0.29) is 23.7 Å².